The van der Waals surface area contributed by atoms with Gasteiger partial charge in [0.2, 0.25) is 0 Å². The third kappa shape index (κ3) is 3.47. The van der Waals surface area contributed by atoms with Gasteiger partial charge in [-0.3, -0.25) is 4.79 Å². The van der Waals surface area contributed by atoms with Crippen LogP contribution in [0.4, 0.5) is 0 Å². The normalized spacial score (nSPS) is 19.7. The smallest absolute Gasteiger partial charge is 0.345 e. The van der Waals surface area contributed by atoms with Crippen LogP contribution in [-0.2, 0) is 19.1 Å². The summed E-state index contributed by atoms with van der Waals surface area (Å²) in [5.74, 6) is 0.251. The number of para-hydroxylation sites is 1. The van der Waals surface area contributed by atoms with Crippen molar-refractivity contribution >= 4 is 17.5 Å². The Hall–Kier alpha value is -3.08. The van der Waals surface area contributed by atoms with Gasteiger partial charge in [0.25, 0.3) is 0 Å². The van der Waals surface area contributed by atoms with Gasteiger partial charge >= 0.3 is 5.97 Å². The van der Waals surface area contributed by atoms with E-state index < -0.39 is 11.9 Å². The van der Waals surface area contributed by atoms with Gasteiger partial charge in [-0.2, -0.15) is 0 Å². The van der Waals surface area contributed by atoms with Crippen molar-refractivity contribution in [2.45, 2.75) is 20.0 Å². The molecule has 2 unspecified atom stereocenters. The number of Topliss-reactive ketones (excluding diaryl/α,β-unsaturated/α-hetero) is 1. The second kappa shape index (κ2) is 7.44. The molecule has 0 N–H and O–H groups in total. The van der Waals surface area contributed by atoms with Gasteiger partial charge in [-0.15, -0.1) is 0 Å². The molecule has 0 bridgehead atoms. The van der Waals surface area contributed by atoms with Crippen LogP contribution in [0.3, 0.4) is 0 Å². The Balaban J connectivity index is 1.94. The van der Waals surface area contributed by atoms with E-state index in [4.69, 9.17) is 14.2 Å². The zero-order valence-electron chi connectivity index (χ0n) is 14.9. The van der Waals surface area contributed by atoms with Crippen molar-refractivity contribution in [1.82, 2.24) is 0 Å². The second-order valence-electron chi connectivity index (χ2n) is 6.11. The van der Waals surface area contributed by atoms with Crippen molar-refractivity contribution in [3.8, 4) is 11.5 Å². The summed E-state index contributed by atoms with van der Waals surface area (Å²) in [6, 6.07) is 16.5. The zero-order chi connectivity index (χ0) is 18.7. The molecule has 0 aromatic heterocycles. The van der Waals surface area contributed by atoms with E-state index in [1.54, 1.807) is 31.2 Å². The van der Waals surface area contributed by atoms with Crippen LogP contribution in [0.1, 0.15) is 19.4 Å². The Bertz CT molecular complexity index is 836. The van der Waals surface area contributed by atoms with Crippen molar-refractivity contribution in [3.63, 3.8) is 0 Å². The quantitative estimate of drug-likeness (QED) is 0.615. The molecule has 2 aromatic rings. The standard InChI is InChI=1S/C21H20O5/c1-13-14(2)25-20(18(19(13)22)21(23)24-3)15-9-11-17(12-10-15)26-16-7-5-4-6-8-16/h4-14H,1-3H3. The van der Waals surface area contributed by atoms with E-state index >= 15 is 0 Å². The van der Waals surface area contributed by atoms with Gasteiger partial charge in [-0.1, -0.05) is 25.1 Å². The molecule has 0 spiro atoms. The van der Waals surface area contributed by atoms with E-state index in [1.165, 1.54) is 7.11 Å². The molecule has 3 rings (SSSR count). The molecular weight excluding hydrogens is 332 g/mol. The van der Waals surface area contributed by atoms with Crippen molar-refractivity contribution in [3.05, 3.63) is 65.7 Å². The first-order valence-corrected chi connectivity index (χ1v) is 8.38. The first-order chi connectivity index (χ1) is 12.5. The predicted molar refractivity (Wildman–Crippen MR) is 96.6 cm³/mol. The highest BCUT2D eigenvalue weighted by Gasteiger charge is 2.38. The number of carbonyl (C=O) groups is 2. The van der Waals surface area contributed by atoms with Gasteiger partial charge in [-0.05, 0) is 43.3 Å². The van der Waals surface area contributed by atoms with Crippen LogP contribution in [0.5, 0.6) is 11.5 Å². The number of ketones is 1. The first-order valence-electron chi connectivity index (χ1n) is 8.38. The monoisotopic (exact) mass is 352 g/mol. The molecule has 0 saturated heterocycles. The maximum Gasteiger partial charge on any atom is 0.345 e. The third-order valence-electron chi connectivity index (χ3n) is 4.38. The minimum absolute atomic E-state index is 0.0465. The van der Waals surface area contributed by atoms with E-state index in [0.717, 1.165) is 5.75 Å². The predicted octanol–water partition coefficient (Wildman–Crippen LogP) is 3.99. The average molecular weight is 352 g/mol. The summed E-state index contributed by atoms with van der Waals surface area (Å²) in [5, 5.41) is 0. The largest absolute Gasteiger partial charge is 0.488 e. The number of rotatable bonds is 4. The summed E-state index contributed by atoms with van der Waals surface area (Å²) >= 11 is 0. The van der Waals surface area contributed by atoms with Crippen LogP contribution in [0.2, 0.25) is 0 Å². The summed E-state index contributed by atoms with van der Waals surface area (Å²) < 4.78 is 16.4. The lowest BCUT2D eigenvalue weighted by Gasteiger charge is -2.29. The number of methoxy groups -OCH3 is 1. The van der Waals surface area contributed by atoms with Gasteiger partial charge in [0.05, 0.1) is 13.0 Å². The first kappa shape index (κ1) is 17.7. The number of esters is 1. The van der Waals surface area contributed by atoms with E-state index in [0.29, 0.717) is 11.3 Å². The van der Waals surface area contributed by atoms with Crippen LogP contribution >= 0.6 is 0 Å². The molecule has 2 aromatic carbocycles. The molecule has 0 radical (unpaired) electrons. The van der Waals surface area contributed by atoms with Crippen LogP contribution in [-0.4, -0.2) is 25.0 Å². The number of ether oxygens (including phenoxy) is 3. The molecule has 0 fully saturated rings. The molecule has 134 valence electrons. The maximum atomic E-state index is 12.6. The topological polar surface area (TPSA) is 61.8 Å². The summed E-state index contributed by atoms with van der Waals surface area (Å²) in [6.45, 7) is 3.55. The van der Waals surface area contributed by atoms with E-state index in [1.807, 2.05) is 37.3 Å². The van der Waals surface area contributed by atoms with E-state index in [9.17, 15) is 9.59 Å². The fourth-order valence-electron chi connectivity index (χ4n) is 2.71. The highest BCUT2D eigenvalue weighted by Crippen LogP contribution is 2.33. The second-order valence-corrected chi connectivity index (χ2v) is 6.11. The fraction of sp³-hybridized carbons (Fsp3) is 0.238. The molecule has 0 aliphatic carbocycles. The number of carbonyl (C=O) groups excluding carboxylic acids is 2. The lowest BCUT2D eigenvalue weighted by Crippen LogP contribution is -2.35. The van der Waals surface area contributed by atoms with Gasteiger partial charge in [0.15, 0.2) is 5.78 Å². The molecule has 0 saturated carbocycles. The number of hydrogen-bond acceptors (Lipinski definition) is 5. The van der Waals surface area contributed by atoms with Crippen molar-refractivity contribution in [1.29, 1.82) is 0 Å². The van der Waals surface area contributed by atoms with E-state index in [-0.39, 0.29) is 23.2 Å². The molecule has 0 amide bonds. The Labute approximate surface area is 152 Å². The van der Waals surface area contributed by atoms with Crippen molar-refractivity contribution in [2.24, 2.45) is 5.92 Å². The van der Waals surface area contributed by atoms with Gasteiger partial charge in [0.1, 0.15) is 28.9 Å². The molecule has 26 heavy (non-hydrogen) atoms. The summed E-state index contributed by atoms with van der Waals surface area (Å²) in [7, 11) is 1.25. The van der Waals surface area contributed by atoms with Gasteiger partial charge in [0, 0.05) is 5.56 Å². The van der Waals surface area contributed by atoms with Gasteiger partial charge < -0.3 is 14.2 Å². The van der Waals surface area contributed by atoms with Crippen LogP contribution in [0.25, 0.3) is 5.76 Å². The Kier molecular flexibility index (Phi) is 5.07. The van der Waals surface area contributed by atoms with Crippen molar-refractivity contribution < 1.29 is 23.8 Å². The molecule has 1 aliphatic rings. The summed E-state index contributed by atoms with van der Waals surface area (Å²) in [5.41, 5.74) is 0.577. The highest BCUT2D eigenvalue weighted by molar-refractivity contribution is 6.23. The maximum absolute atomic E-state index is 12.6. The number of hydrogen-bond donors (Lipinski definition) is 0. The molecule has 5 heteroatoms. The SMILES string of the molecule is COC(=O)C1=C(c2ccc(Oc3ccccc3)cc2)OC(C)C(C)C1=O. The summed E-state index contributed by atoms with van der Waals surface area (Å²) in [6.07, 6.45) is -0.328. The Morgan fingerprint density at radius 2 is 1.58 bits per heavy atom. The lowest BCUT2D eigenvalue weighted by molar-refractivity contribution is -0.139. The average Bonchev–Trinajstić information content (AvgIpc) is 2.67. The van der Waals surface area contributed by atoms with Gasteiger partial charge in [-0.25, -0.2) is 4.79 Å². The molecular formula is C21H20O5. The number of benzene rings is 2. The molecule has 1 aliphatic heterocycles. The minimum Gasteiger partial charge on any atom is -0.488 e. The van der Waals surface area contributed by atoms with E-state index in [2.05, 4.69) is 0 Å². The third-order valence-corrected chi connectivity index (χ3v) is 4.38. The molecule has 2 atom stereocenters. The lowest BCUT2D eigenvalue weighted by atomic mass is 9.89. The summed E-state index contributed by atoms with van der Waals surface area (Å²) in [4.78, 5) is 24.7. The minimum atomic E-state index is -0.687. The Morgan fingerprint density at radius 3 is 2.19 bits per heavy atom. The van der Waals surface area contributed by atoms with Crippen molar-refractivity contribution in [2.75, 3.05) is 7.11 Å². The fourth-order valence-corrected chi connectivity index (χ4v) is 2.71. The Morgan fingerprint density at radius 1 is 0.962 bits per heavy atom. The zero-order valence-corrected chi connectivity index (χ0v) is 14.9. The molecule has 1 heterocycles. The molecule has 5 nitrogen and oxygen atoms in total. The van der Waals surface area contributed by atoms with Crippen LogP contribution in [0, 0.1) is 5.92 Å². The van der Waals surface area contributed by atoms with Crippen LogP contribution in [0.15, 0.2) is 60.2 Å². The van der Waals surface area contributed by atoms with Crippen LogP contribution < -0.4 is 4.74 Å². The highest BCUT2D eigenvalue weighted by atomic mass is 16.5.